The fraction of sp³-hybridized carbons (Fsp3) is 0.231. The number of hydrogen-bond acceptors (Lipinski definition) is 4. The Morgan fingerprint density at radius 3 is 2.65 bits per heavy atom. The summed E-state index contributed by atoms with van der Waals surface area (Å²) in [5, 5.41) is 10.1. The average molecular weight is 316 g/mol. The van der Waals surface area contributed by atoms with E-state index in [0.29, 0.717) is 16.3 Å². The molecule has 2 rings (SSSR count). The van der Waals surface area contributed by atoms with Crippen LogP contribution < -0.4 is 4.72 Å². The van der Waals surface area contributed by atoms with E-state index in [0.717, 1.165) is 0 Å². The van der Waals surface area contributed by atoms with Gasteiger partial charge in [-0.15, -0.1) is 0 Å². The third kappa shape index (κ3) is 4.08. The lowest BCUT2D eigenvalue weighted by Gasteiger charge is -2.11. The highest BCUT2D eigenvalue weighted by Crippen LogP contribution is 2.18. The van der Waals surface area contributed by atoms with E-state index < -0.39 is 16.1 Å². The first-order chi connectivity index (χ1) is 9.48. The molecule has 108 valence electrons. The van der Waals surface area contributed by atoms with Gasteiger partial charge >= 0.3 is 0 Å². The van der Waals surface area contributed by atoms with Crippen molar-refractivity contribution in [3.63, 3.8) is 0 Å². The summed E-state index contributed by atoms with van der Waals surface area (Å²) in [7, 11) is -3.58. The Labute approximate surface area is 122 Å². The SMILES string of the molecule is O=S(=O)(Cc1ccccc1Cl)NCC(O)c1ccco1. The van der Waals surface area contributed by atoms with Crippen LogP contribution in [0, 0.1) is 0 Å². The standard InChI is InChI=1S/C13H14ClNO4S/c14-11-5-2-1-4-10(11)9-20(17,18)15-8-12(16)13-6-3-7-19-13/h1-7,12,15-16H,8-9H2. The zero-order valence-corrected chi connectivity index (χ0v) is 12.1. The van der Waals surface area contributed by atoms with E-state index in [-0.39, 0.29) is 12.3 Å². The lowest BCUT2D eigenvalue weighted by Crippen LogP contribution is -2.29. The minimum absolute atomic E-state index is 0.152. The van der Waals surface area contributed by atoms with Crippen LogP contribution >= 0.6 is 11.6 Å². The molecule has 1 atom stereocenters. The number of halogens is 1. The molecule has 0 radical (unpaired) electrons. The number of nitrogens with one attached hydrogen (secondary N) is 1. The van der Waals surface area contributed by atoms with Crippen molar-refractivity contribution in [2.75, 3.05) is 6.54 Å². The second-order valence-electron chi connectivity index (χ2n) is 4.23. The molecule has 0 saturated heterocycles. The number of aliphatic hydroxyl groups is 1. The first-order valence-electron chi connectivity index (χ1n) is 5.90. The molecule has 1 unspecified atom stereocenters. The highest BCUT2D eigenvalue weighted by Gasteiger charge is 2.17. The second kappa shape index (κ2) is 6.41. The van der Waals surface area contributed by atoms with Gasteiger partial charge < -0.3 is 9.52 Å². The average Bonchev–Trinajstić information content (AvgIpc) is 2.93. The van der Waals surface area contributed by atoms with Crippen LogP contribution in [0.15, 0.2) is 47.1 Å². The largest absolute Gasteiger partial charge is 0.467 e. The first-order valence-corrected chi connectivity index (χ1v) is 7.93. The van der Waals surface area contributed by atoms with Gasteiger partial charge in [-0.1, -0.05) is 29.8 Å². The van der Waals surface area contributed by atoms with Crippen LogP contribution in [-0.4, -0.2) is 20.1 Å². The smallest absolute Gasteiger partial charge is 0.215 e. The first kappa shape index (κ1) is 15.1. The molecule has 7 heteroatoms. The number of rotatable bonds is 6. The van der Waals surface area contributed by atoms with Crippen LogP contribution in [-0.2, 0) is 15.8 Å². The van der Waals surface area contributed by atoms with Gasteiger partial charge in [0, 0.05) is 11.6 Å². The van der Waals surface area contributed by atoms with E-state index in [1.54, 1.807) is 36.4 Å². The second-order valence-corrected chi connectivity index (χ2v) is 6.44. The van der Waals surface area contributed by atoms with Crippen LogP contribution in [0.4, 0.5) is 0 Å². The molecular formula is C13H14ClNO4S. The summed E-state index contributed by atoms with van der Waals surface area (Å²) < 4.78 is 31.1. The van der Waals surface area contributed by atoms with Crippen molar-refractivity contribution in [1.82, 2.24) is 4.72 Å². The van der Waals surface area contributed by atoms with Gasteiger partial charge in [0.25, 0.3) is 0 Å². The molecule has 0 aliphatic rings. The predicted molar refractivity (Wildman–Crippen MR) is 75.7 cm³/mol. The lowest BCUT2D eigenvalue weighted by molar-refractivity contribution is 0.154. The van der Waals surface area contributed by atoms with Gasteiger partial charge in [0.1, 0.15) is 11.9 Å². The van der Waals surface area contributed by atoms with Crippen molar-refractivity contribution in [2.45, 2.75) is 11.9 Å². The Kier molecular flexibility index (Phi) is 4.82. The molecule has 1 aromatic carbocycles. The van der Waals surface area contributed by atoms with E-state index in [2.05, 4.69) is 4.72 Å². The highest BCUT2D eigenvalue weighted by molar-refractivity contribution is 7.88. The maximum Gasteiger partial charge on any atom is 0.215 e. The third-order valence-corrected chi connectivity index (χ3v) is 4.34. The molecule has 1 aromatic heterocycles. The van der Waals surface area contributed by atoms with Gasteiger partial charge in [-0.25, -0.2) is 13.1 Å². The normalized spacial score (nSPS) is 13.3. The Morgan fingerprint density at radius 1 is 1.25 bits per heavy atom. The molecule has 0 spiro atoms. The maximum absolute atomic E-state index is 11.9. The van der Waals surface area contributed by atoms with Crippen molar-refractivity contribution in [3.8, 4) is 0 Å². The molecule has 0 aliphatic carbocycles. The van der Waals surface area contributed by atoms with Crippen LogP contribution in [0.1, 0.15) is 17.4 Å². The van der Waals surface area contributed by atoms with Crippen molar-refractivity contribution < 1.29 is 17.9 Å². The Hall–Kier alpha value is -1.34. The summed E-state index contributed by atoms with van der Waals surface area (Å²) in [6.07, 6.45) is 0.391. The molecule has 0 aliphatic heterocycles. The van der Waals surface area contributed by atoms with Gasteiger partial charge in [-0.3, -0.25) is 0 Å². The Bertz CT molecular complexity index is 655. The van der Waals surface area contributed by atoms with Gasteiger partial charge in [0.15, 0.2) is 0 Å². The van der Waals surface area contributed by atoms with Crippen LogP contribution in [0.25, 0.3) is 0 Å². The zero-order chi connectivity index (χ0) is 14.6. The zero-order valence-electron chi connectivity index (χ0n) is 10.5. The van der Waals surface area contributed by atoms with Crippen molar-refractivity contribution in [1.29, 1.82) is 0 Å². The molecule has 20 heavy (non-hydrogen) atoms. The monoisotopic (exact) mass is 315 g/mol. The number of aliphatic hydroxyl groups excluding tert-OH is 1. The topological polar surface area (TPSA) is 79.5 Å². The molecule has 2 N–H and O–H groups in total. The summed E-state index contributed by atoms with van der Waals surface area (Å²) in [5.41, 5.74) is 0.508. The van der Waals surface area contributed by atoms with E-state index >= 15 is 0 Å². The van der Waals surface area contributed by atoms with Gasteiger partial charge in [-0.05, 0) is 23.8 Å². The van der Waals surface area contributed by atoms with E-state index in [4.69, 9.17) is 16.0 Å². The highest BCUT2D eigenvalue weighted by atomic mass is 35.5. The molecule has 1 heterocycles. The fourth-order valence-corrected chi connectivity index (χ4v) is 3.12. The number of benzene rings is 1. The maximum atomic E-state index is 11.9. The summed E-state index contributed by atoms with van der Waals surface area (Å²) in [4.78, 5) is 0. The van der Waals surface area contributed by atoms with Crippen molar-refractivity contribution in [3.05, 3.63) is 59.0 Å². The molecule has 0 bridgehead atoms. The van der Waals surface area contributed by atoms with Crippen molar-refractivity contribution >= 4 is 21.6 Å². The minimum Gasteiger partial charge on any atom is -0.467 e. The molecule has 5 nitrogen and oxygen atoms in total. The minimum atomic E-state index is -3.58. The van der Waals surface area contributed by atoms with Crippen LogP contribution in [0.2, 0.25) is 5.02 Å². The predicted octanol–water partition coefficient (Wildman–Crippen LogP) is 2.09. The fourth-order valence-electron chi connectivity index (χ4n) is 1.66. The lowest BCUT2D eigenvalue weighted by atomic mass is 10.2. The molecule has 2 aromatic rings. The number of hydrogen-bond donors (Lipinski definition) is 2. The quantitative estimate of drug-likeness (QED) is 0.855. The van der Waals surface area contributed by atoms with Crippen LogP contribution in [0.3, 0.4) is 0 Å². The molecular weight excluding hydrogens is 302 g/mol. The van der Waals surface area contributed by atoms with Crippen molar-refractivity contribution in [2.24, 2.45) is 0 Å². The van der Waals surface area contributed by atoms with Crippen LogP contribution in [0.5, 0.6) is 0 Å². The third-order valence-electron chi connectivity index (χ3n) is 2.67. The van der Waals surface area contributed by atoms with E-state index in [1.807, 2.05) is 0 Å². The van der Waals surface area contributed by atoms with Gasteiger partial charge in [0.2, 0.25) is 10.0 Å². The van der Waals surface area contributed by atoms with Gasteiger partial charge in [0.05, 0.1) is 12.0 Å². The molecule has 0 saturated carbocycles. The number of sulfonamides is 1. The number of furan rings is 1. The van der Waals surface area contributed by atoms with E-state index in [1.165, 1.54) is 6.26 Å². The molecule has 0 amide bonds. The summed E-state index contributed by atoms with van der Waals surface area (Å²) in [6, 6.07) is 9.92. The summed E-state index contributed by atoms with van der Waals surface area (Å²) >= 11 is 5.92. The molecule has 0 fully saturated rings. The Morgan fingerprint density at radius 2 is 2.00 bits per heavy atom. The van der Waals surface area contributed by atoms with Gasteiger partial charge in [-0.2, -0.15) is 0 Å². The summed E-state index contributed by atoms with van der Waals surface area (Å²) in [6.45, 7) is -0.152. The Balaban J connectivity index is 1.96. The van der Waals surface area contributed by atoms with E-state index in [9.17, 15) is 13.5 Å². The summed E-state index contributed by atoms with van der Waals surface area (Å²) in [5.74, 6) is 0.0721.